The van der Waals surface area contributed by atoms with Gasteiger partial charge in [0.05, 0.1) is 0 Å². The van der Waals surface area contributed by atoms with Crippen LogP contribution in [-0.2, 0) is 6.42 Å². The highest BCUT2D eigenvalue weighted by atomic mass is 35.5. The number of nitrogens with one attached hydrogen (secondary N) is 1. The molecular weight excluding hydrogens is 266 g/mol. The van der Waals surface area contributed by atoms with Crippen molar-refractivity contribution >= 4 is 11.6 Å². The molecule has 110 valence electrons. The van der Waals surface area contributed by atoms with Crippen molar-refractivity contribution in [2.75, 3.05) is 6.54 Å². The second-order valence-corrected chi connectivity index (χ2v) is 7.11. The Morgan fingerprint density at radius 3 is 2.30 bits per heavy atom. The maximum atomic E-state index is 5.99. The summed E-state index contributed by atoms with van der Waals surface area (Å²) >= 11 is 5.99. The summed E-state index contributed by atoms with van der Waals surface area (Å²) in [5, 5.41) is 4.61. The summed E-state index contributed by atoms with van der Waals surface area (Å²) in [6.07, 6.45) is 11.1. The highest BCUT2D eigenvalue weighted by Gasteiger charge is 2.27. The molecule has 1 aromatic carbocycles. The molecule has 2 fully saturated rings. The number of hydrogen-bond donors (Lipinski definition) is 1. The smallest absolute Gasteiger partial charge is 0.0406 e. The third-order valence-corrected chi connectivity index (χ3v) is 5.23. The second kappa shape index (κ2) is 6.95. The van der Waals surface area contributed by atoms with Gasteiger partial charge in [0.1, 0.15) is 0 Å². The number of rotatable bonds is 5. The van der Waals surface area contributed by atoms with Crippen molar-refractivity contribution in [1.82, 2.24) is 5.32 Å². The van der Waals surface area contributed by atoms with Gasteiger partial charge in [0, 0.05) is 11.1 Å². The molecule has 1 N–H and O–H groups in total. The van der Waals surface area contributed by atoms with Crippen molar-refractivity contribution in [2.24, 2.45) is 11.8 Å². The Morgan fingerprint density at radius 2 is 1.60 bits per heavy atom. The molecule has 2 aliphatic rings. The zero-order valence-corrected chi connectivity index (χ0v) is 13.0. The number of benzene rings is 1. The SMILES string of the molecule is Clc1ccc(CC2CCCCCC2CNC2CC2)cc1. The minimum Gasteiger partial charge on any atom is -0.314 e. The maximum Gasteiger partial charge on any atom is 0.0406 e. The van der Waals surface area contributed by atoms with Gasteiger partial charge in [-0.3, -0.25) is 0 Å². The summed E-state index contributed by atoms with van der Waals surface area (Å²) in [5.41, 5.74) is 1.46. The maximum absolute atomic E-state index is 5.99. The van der Waals surface area contributed by atoms with Crippen LogP contribution in [0.15, 0.2) is 24.3 Å². The summed E-state index contributed by atoms with van der Waals surface area (Å²) in [4.78, 5) is 0. The molecule has 0 spiro atoms. The van der Waals surface area contributed by atoms with E-state index in [9.17, 15) is 0 Å². The fourth-order valence-electron chi connectivity index (χ4n) is 3.53. The predicted molar refractivity (Wildman–Crippen MR) is 86.2 cm³/mol. The van der Waals surface area contributed by atoms with Crippen LogP contribution in [0.3, 0.4) is 0 Å². The van der Waals surface area contributed by atoms with Gasteiger partial charge in [-0.2, -0.15) is 0 Å². The number of halogens is 1. The van der Waals surface area contributed by atoms with E-state index in [2.05, 4.69) is 17.4 Å². The summed E-state index contributed by atoms with van der Waals surface area (Å²) in [6, 6.07) is 9.32. The molecule has 3 rings (SSSR count). The van der Waals surface area contributed by atoms with Gasteiger partial charge in [-0.05, 0) is 68.2 Å². The van der Waals surface area contributed by atoms with Crippen molar-refractivity contribution in [3.8, 4) is 0 Å². The van der Waals surface area contributed by atoms with Gasteiger partial charge in [0.25, 0.3) is 0 Å². The van der Waals surface area contributed by atoms with Crippen molar-refractivity contribution in [2.45, 2.75) is 57.4 Å². The van der Waals surface area contributed by atoms with Gasteiger partial charge in [-0.15, -0.1) is 0 Å². The van der Waals surface area contributed by atoms with E-state index in [1.165, 1.54) is 63.5 Å². The highest BCUT2D eigenvalue weighted by Crippen LogP contribution is 2.32. The lowest BCUT2D eigenvalue weighted by molar-refractivity contribution is 0.297. The van der Waals surface area contributed by atoms with E-state index < -0.39 is 0 Å². The highest BCUT2D eigenvalue weighted by molar-refractivity contribution is 6.30. The monoisotopic (exact) mass is 291 g/mol. The molecule has 0 amide bonds. The van der Waals surface area contributed by atoms with E-state index in [4.69, 9.17) is 11.6 Å². The van der Waals surface area contributed by atoms with Crippen LogP contribution in [0.5, 0.6) is 0 Å². The molecular formula is C18H26ClN. The lowest BCUT2D eigenvalue weighted by Gasteiger charge is -2.26. The van der Waals surface area contributed by atoms with E-state index in [1.807, 2.05) is 12.1 Å². The van der Waals surface area contributed by atoms with Gasteiger partial charge in [0.2, 0.25) is 0 Å². The molecule has 0 aromatic heterocycles. The zero-order valence-electron chi connectivity index (χ0n) is 12.3. The molecule has 1 aromatic rings. The van der Waals surface area contributed by atoms with E-state index >= 15 is 0 Å². The van der Waals surface area contributed by atoms with Gasteiger partial charge in [-0.1, -0.05) is 43.0 Å². The van der Waals surface area contributed by atoms with E-state index in [1.54, 1.807) is 0 Å². The average Bonchev–Trinajstić information content (AvgIpc) is 3.27. The Labute approximate surface area is 128 Å². The summed E-state index contributed by atoms with van der Waals surface area (Å²) in [7, 11) is 0. The Morgan fingerprint density at radius 1 is 0.900 bits per heavy atom. The Bertz CT molecular complexity index is 410. The first-order valence-corrected chi connectivity index (χ1v) is 8.67. The molecule has 1 nitrogen and oxygen atoms in total. The van der Waals surface area contributed by atoms with Crippen LogP contribution in [-0.4, -0.2) is 12.6 Å². The first-order chi connectivity index (χ1) is 9.81. The minimum absolute atomic E-state index is 0.842. The molecule has 2 unspecified atom stereocenters. The van der Waals surface area contributed by atoms with Crippen LogP contribution in [0.1, 0.15) is 50.5 Å². The van der Waals surface area contributed by atoms with E-state index in [0.29, 0.717) is 0 Å². The van der Waals surface area contributed by atoms with Crippen LogP contribution in [0, 0.1) is 11.8 Å². The average molecular weight is 292 g/mol. The van der Waals surface area contributed by atoms with Crippen molar-refractivity contribution < 1.29 is 0 Å². The second-order valence-electron chi connectivity index (χ2n) is 6.67. The molecule has 0 radical (unpaired) electrons. The summed E-state index contributed by atoms with van der Waals surface area (Å²) in [5.74, 6) is 1.72. The Kier molecular flexibility index (Phi) is 5.01. The topological polar surface area (TPSA) is 12.0 Å². The molecule has 0 aliphatic heterocycles. The fraction of sp³-hybridized carbons (Fsp3) is 0.667. The lowest BCUT2D eigenvalue weighted by atomic mass is 9.83. The van der Waals surface area contributed by atoms with Gasteiger partial charge < -0.3 is 5.32 Å². The summed E-state index contributed by atoms with van der Waals surface area (Å²) in [6.45, 7) is 1.24. The fourth-order valence-corrected chi connectivity index (χ4v) is 3.65. The van der Waals surface area contributed by atoms with Crippen LogP contribution >= 0.6 is 11.6 Å². The first kappa shape index (κ1) is 14.4. The molecule has 2 aliphatic carbocycles. The predicted octanol–water partition coefficient (Wildman–Crippen LogP) is 4.83. The van der Waals surface area contributed by atoms with Crippen LogP contribution in [0.4, 0.5) is 0 Å². The van der Waals surface area contributed by atoms with Crippen molar-refractivity contribution in [3.63, 3.8) is 0 Å². The van der Waals surface area contributed by atoms with Gasteiger partial charge in [-0.25, -0.2) is 0 Å². The summed E-state index contributed by atoms with van der Waals surface area (Å²) < 4.78 is 0. The Hall–Kier alpha value is -0.530. The van der Waals surface area contributed by atoms with Crippen LogP contribution in [0.2, 0.25) is 5.02 Å². The molecule has 2 heteroatoms. The van der Waals surface area contributed by atoms with Crippen LogP contribution in [0.25, 0.3) is 0 Å². The van der Waals surface area contributed by atoms with E-state index in [-0.39, 0.29) is 0 Å². The lowest BCUT2D eigenvalue weighted by Crippen LogP contribution is -2.30. The first-order valence-electron chi connectivity index (χ1n) is 8.29. The van der Waals surface area contributed by atoms with E-state index in [0.717, 1.165) is 22.9 Å². The third-order valence-electron chi connectivity index (χ3n) is 4.97. The Balaban J connectivity index is 1.60. The van der Waals surface area contributed by atoms with Crippen LogP contribution < -0.4 is 5.32 Å². The zero-order chi connectivity index (χ0) is 13.8. The standard InChI is InChI=1S/C18H26ClN/c19-17-8-6-14(7-9-17)12-15-4-2-1-3-5-16(15)13-20-18-10-11-18/h6-9,15-16,18,20H,1-5,10-13H2. The largest absolute Gasteiger partial charge is 0.314 e. The van der Waals surface area contributed by atoms with Gasteiger partial charge >= 0.3 is 0 Å². The molecule has 0 bridgehead atoms. The quantitative estimate of drug-likeness (QED) is 0.766. The molecule has 0 heterocycles. The van der Waals surface area contributed by atoms with Crippen molar-refractivity contribution in [1.29, 1.82) is 0 Å². The third kappa shape index (κ3) is 4.23. The normalized spacial score (nSPS) is 27.2. The molecule has 0 saturated heterocycles. The van der Waals surface area contributed by atoms with Gasteiger partial charge in [0.15, 0.2) is 0 Å². The molecule has 2 saturated carbocycles. The molecule has 2 atom stereocenters. The van der Waals surface area contributed by atoms with Crippen molar-refractivity contribution in [3.05, 3.63) is 34.9 Å². The molecule has 20 heavy (non-hydrogen) atoms. The minimum atomic E-state index is 0.842. The number of hydrogen-bond acceptors (Lipinski definition) is 1.